The van der Waals surface area contributed by atoms with Crippen molar-refractivity contribution in [3.05, 3.63) is 57.7 Å². The van der Waals surface area contributed by atoms with Crippen molar-refractivity contribution in [3.63, 3.8) is 0 Å². The zero-order valence-corrected chi connectivity index (χ0v) is 12.2. The van der Waals surface area contributed by atoms with E-state index < -0.39 is 5.97 Å². The minimum atomic E-state index is -0.989. The van der Waals surface area contributed by atoms with Crippen LogP contribution in [0.3, 0.4) is 0 Å². The van der Waals surface area contributed by atoms with Crippen LogP contribution < -0.4 is 0 Å². The van der Waals surface area contributed by atoms with E-state index in [2.05, 4.69) is 42.9 Å². The number of nitrogens with zero attached hydrogens (tertiary/aromatic N) is 2. The summed E-state index contributed by atoms with van der Waals surface area (Å²) in [5, 5.41) is 8.99. The molecule has 0 aliphatic carbocycles. The number of carboxylic acids is 1. The molecule has 0 amide bonds. The highest BCUT2D eigenvalue weighted by Crippen LogP contribution is 2.19. The first kappa shape index (κ1) is 14.2. The fraction of sp³-hybridized carbons (Fsp3) is 0.312. The monoisotopic (exact) mass is 270 g/mol. The van der Waals surface area contributed by atoms with Crippen LogP contribution in [0, 0.1) is 27.7 Å². The number of carboxylic acid groups (broad SMARTS) is 1. The largest absolute Gasteiger partial charge is 0.478 e. The van der Waals surface area contributed by atoms with E-state index in [1.165, 1.54) is 28.5 Å². The van der Waals surface area contributed by atoms with E-state index in [0.29, 0.717) is 17.9 Å². The first-order valence-electron chi connectivity index (χ1n) is 6.51. The molecule has 4 heteroatoms. The van der Waals surface area contributed by atoms with Gasteiger partial charge in [0.25, 0.3) is 0 Å². The maximum absolute atomic E-state index is 11.0. The zero-order chi connectivity index (χ0) is 14.9. The molecule has 0 radical (unpaired) electrons. The first-order valence-corrected chi connectivity index (χ1v) is 6.51. The van der Waals surface area contributed by atoms with Gasteiger partial charge in [0.1, 0.15) is 5.82 Å². The molecule has 0 fully saturated rings. The SMILES string of the molecule is Cc1cc(C)c(Cc2ncc(C(=O)O)c(C)n2)c(C)c1. The lowest BCUT2D eigenvalue weighted by atomic mass is 9.97. The molecule has 1 heterocycles. The Hall–Kier alpha value is -2.23. The maximum Gasteiger partial charge on any atom is 0.339 e. The third-order valence-corrected chi connectivity index (χ3v) is 3.43. The second kappa shape index (κ2) is 5.41. The average Bonchev–Trinajstić information content (AvgIpc) is 2.33. The first-order chi connectivity index (χ1) is 9.38. The summed E-state index contributed by atoms with van der Waals surface area (Å²) in [5.41, 5.74) is 5.54. The van der Waals surface area contributed by atoms with Crippen LogP contribution in [0.15, 0.2) is 18.3 Å². The molecule has 0 aliphatic rings. The predicted molar refractivity (Wildman–Crippen MR) is 77.2 cm³/mol. The second-order valence-electron chi connectivity index (χ2n) is 5.14. The van der Waals surface area contributed by atoms with Gasteiger partial charge in [-0.15, -0.1) is 0 Å². The van der Waals surface area contributed by atoms with Gasteiger partial charge in [-0.25, -0.2) is 14.8 Å². The van der Waals surface area contributed by atoms with E-state index in [9.17, 15) is 4.79 Å². The van der Waals surface area contributed by atoms with Crippen molar-refractivity contribution in [1.82, 2.24) is 9.97 Å². The number of rotatable bonds is 3. The van der Waals surface area contributed by atoms with E-state index in [1.54, 1.807) is 6.92 Å². The highest BCUT2D eigenvalue weighted by atomic mass is 16.4. The molecule has 104 valence electrons. The van der Waals surface area contributed by atoms with Crippen LogP contribution in [0.4, 0.5) is 0 Å². The molecule has 0 spiro atoms. The number of benzene rings is 1. The van der Waals surface area contributed by atoms with Gasteiger partial charge in [0.05, 0.1) is 11.3 Å². The van der Waals surface area contributed by atoms with Crippen molar-refractivity contribution in [1.29, 1.82) is 0 Å². The Balaban J connectivity index is 2.36. The Labute approximate surface area is 118 Å². The van der Waals surface area contributed by atoms with Gasteiger partial charge in [-0.05, 0) is 44.4 Å². The lowest BCUT2D eigenvalue weighted by Gasteiger charge is -2.11. The molecule has 20 heavy (non-hydrogen) atoms. The molecule has 1 aromatic carbocycles. The molecule has 1 aromatic heterocycles. The maximum atomic E-state index is 11.0. The summed E-state index contributed by atoms with van der Waals surface area (Å²) >= 11 is 0. The summed E-state index contributed by atoms with van der Waals surface area (Å²) in [6, 6.07) is 4.28. The van der Waals surface area contributed by atoms with Gasteiger partial charge in [0, 0.05) is 12.6 Å². The smallest absolute Gasteiger partial charge is 0.339 e. The van der Waals surface area contributed by atoms with Crippen LogP contribution in [-0.2, 0) is 6.42 Å². The summed E-state index contributed by atoms with van der Waals surface area (Å²) < 4.78 is 0. The van der Waals surface area contributed by atoms with E-state index >= 15 is 0 Å². The summed E-state index contributed by atoms with van der Waals surface area (Å²) in [7, 11) is 0. The molecule has 0 atom stereocenters. The van der Waals surface area contributed by atoms with Crippen LogP contribution >= 0.6 is 0 Å². The Morgan fingerprint density at radius 1 is 1.15 bits per heavy atom. The lowest BCUT2D eigenvalue weighted by Crippen LogP contribution is -2.07. The molecule has 4 nitrogen and oxygen atoms in total. The van der Waals surface area contributed by atoms with Crippen LogP contribution in [0.25, 0.3) is 0 Å². The van der Waals surface area contributed by atoms with E-state index in [0.717, 1.165) is 0 Å². The molecular formula is C16H18N2O2. The van der Waals surface area contributed by atoms with Gasteiger partial charge < -0.3 is 5.11 Å². The van der Waals surface area contributed by atoms with Gasteiger partial charge in [-0.3, -0.25) is 0 Å². The van der Waals surface area contributed by atoms with Crippen molar-refractivity contribution >= 4 is 5.97 Å². The number of carbonyl (C=O) groups is 1. The molecule has 0 saturated carbocycles. The Bertz CT molecular complexity index is 655. The van der Waals surface area contributed by atoms with Gasteiger partial charge in [-0.1, -0.05) is 17.7 Å². The molecule has 2 aromatic rings. The number of hydrogen-bond donors (Lipinski definition) is 1. The predicted octanol–water partition coefficient (Wildman–Crippen LogP) is 3.00. The summed E-state index contributed by atoms with van der Waals surface area (Å²) in [5.74, 6) is -0.334. The van der Waals surface area contributed by atoms with E-state index in [-0.39, 0.29) is 5.56 Å². The highest BCUT2D eigenvalue weighted by molar-refractivity contribution is 5.88. The molecule has 0 bridgehead atoms. The second-order valence-corrected chi connectivity index (χ2v) is 5.14. The Morgan fingerprint density at radius 3 is 2.25 bits per heavy atom. The van der Waals surface area contributed by atoms with E-state index in [4.69, 9.17) is 5.11 Å². The van der Waals surface area contributed by atoms with Crippen LogP contribution in [0.5, 0.6) is 0 Å². The van der Waals surface area contributed by atoms with Crippen molar-refractivity contribution in [2.45, 2.75) is 34.1 Å². The number of aryl methyl sites for hydroxylation is 4. The molecule has 2 rings (SSSR count). The summed E-state index contributed by atoms with van der Waals surface area (Å²) in [4.78, 5) is 19.4. The van der Waals surface area contributed by atoms with Crippen molar-refractivity contribution in [2.24, 2.45) is 0 Å². The number of aromatic carboxylic acids is 1. The average molecular weight is 270 g/mol. The molecule has 0 saturated heterocycles. The topological polar surface area (TPSA) is 63.1 Å². The van der Waals surface area contributed by atoms with E-state index in [1.807, 2.05) is 0 Å². The van der Waals surface area contributed by atoms with Crippen molar-refractivity contribution < 1.29 is 9.90 Å². The Morgan fingerprint density at radius 2 is 1.75 bits per heavy atom. The fourth-order valence-corrected chi connectivity index (χ4v) is 2.46. The van der Waals surface area contributed by atoms with Gasteiger partial charge in [0.15, 0.2) is 0 Å². The minimum absolute atomic E-state index is 0.158. The van der Waals surface area contributed by atoms with Gasteiger partial charge in [0.2, 0.25) is 0 Å². The molecule has 0 aliphatic heterocycles. The normalized spacial score (nSPS) is 10.6. The standard InChI is InChI=1S/C16H18N2O2/c1-9-5-10(2)13(11(3)6-9)7-15-17-8-14(16(19)20)12(4)18-15/h5-6,8H,7H2,1-4H3,(H,19,20). The molecule has 0 unspecified atom stereocenters. The third kappa shape index (κ3) is 2.85. The van der Waals surface area contributed by atoms with Crippen LogP contribution in [0.2, 0.25) is 0 Å². The number of aromatic nitrogens is 2. The molecular weight excluding hydrogens is 252 g/mol. The zero-order valence-electron chi connectivity index (χ0n) is 12.2. The van der Waals surface area contributed by atoms with Crippen molar-refractivity contribution in [2.75, 3.05) is 0 Å². The molecule has 1 N–H and O–H groups in total. The van der Waals surface area contributed by atoms with Gasteiger partial charge in [-0.2, -0.15) is 0 Å². The third-order valence-electron chi connectivity index (χ3n) is 3.43. The highest BCUT2D eigenvalue weighted by Gasteiger charge is 2.12. The van der Waals surface area contributed by atoms with Crippen LogP contribution in [0.1, 0.15) is 44.1 Å². The van der Waals surface area contributed by atoms with Crippen LogP contribution in [-0.4, -0.2) is 21.0 Å². The van der Waals surface area contributed by atoms with Crippen molar-refractivity contribution in [3.8, 4) is 0 Å². The van der Waals surface area contributed by atoms with Gasteiger partial charge >= 0.3 is 5.97 Å². The minimum Gasteiger partial charge on any atom is -0.478 e. The summed E-state index contributed by atoms with van der Waals surface area (Å²) in [6.07, 6.45) is 2.01. The Kier molecular flexibility index (Phi) is 3.84. The fourth-order valence-electron chi connectivity index (χ4n) is 2.46. The quantitative estimate of drug-likeness (QED) is 0.931. The summed E-state index contributed by atoms with van der Waals surface area (Å²) in [6.45, 7) is 7.93. The number of hydrogen-bond acceptors (Lipinski definition) is 3. The lowest BCUT2D eigenvalue weighted by molar-refractivity contribution is 0.0695.